The van der Waals surface area contributed by atoms with Gasteiger partial charge in [0, 0.05) is 17.1 Å². The second kappa shape index (κ2) is 8.51. The highest BCUT2D eigenvalue weighted by Gasteiger charge is 2.48. The number of hydrogen-bond donors (Lipinski definition) is 5. The Kier molecular flexibility index (Phi) is 5.80. The Morgan fingerprint density at radius 2 is 1.73 bits per heavy atom. The molecule has 2 aromatic rings. The van der Waals surface area contributed by atoms with Crippen LogP contribution in [0.15, 0.2) is 48.5 Å². The molecule has 2 fully saturated rings. The minimum Gasteiger partial charge on any atom is -0.353 e. The van der Waals surface area contributed by atoms with Crippen molar-refractivity contribution in [3.05, 3.63) is 58.6 Å². The Balaban J connectivity index is 1.49. The molecule has 0 bridgehead atoms. The lowest BCUT2D eigenvalue weighted by Crippen LogP contribution is -2.72. The van der Waals surface area contributed by atoms with Crippen LogP contribution in [0.1, 0.15) is 6.42 Å². The van der Waals surface area contributed by atoms with Gasteiger partial charge in [0.15, 0.2) is 6.29 Å². The highest BCUT2D eigenvalue weighted by Crippen LogP contribution is 2.29. The lowest BCUT2D eigenvalue weighted by Gasteiger charge is -2.43. The Morgan fingerprint density at radius 1 is 1.00 bits per heavy atom. The molecule has 2 saturated heterocycles. The number of benzene rings is 2. The van der Waals surface area contributed by atoms with E-state index in [4.69, 9.17) is 23.2 Å². The molecule has 2 heterocycles. The maximum atomic E-state index is 12.9. The van der Waals surface area contributed by atoms with E-state index in [2.05, 4.69) is 26.6 Å². The van der Waals surface area contributed by atoms with Crippen molar-refractivity contribution in [1.82, 2.24) is 16.0 Å². The van der Waals surface area contributed by atoms with Crippen LogP contribution in [0.25, 0.3) is 0 Å². The molecule has 2 aliphatic rings. The maximum absolute atomic E-state index is 12.9. The zero-order valence-electron chi connectivity index (χ0n) is 15.6. The lowest BCUT2D eigenvalue weighted by atomic mass is 9.81. The number of nitrogens with one attached hydrogen (secondary N) is 5. The summed E-state index contributed by atoms with van der Waals surface area (Å²) in [5, 5.41) is 15.5. The molecule has 3 amide bonds. The summed E-state index contributed by atoms with van der Waals surface area (Å²) in [6.45, 7) is 0. The number of rotatable bonds is 4. The topological polar surface area (TPSA) is 111 Å². The minimum absolute atomic E-state index is 0.0954. The van der Waals surface area contributed by atoms with Gasteiger partial charge in [-0.05, 0) is 36.4 Å². The molecule has 4 rings (SSSR count). The molecule has 10 heteroatoms. The van der Waals surface area contributed by atoms with Crippen molar-refractivity contribution in [2.75, 3.05) is 10.6 Å². The van der Waals surface area contributed by atoms with Gasteiger partial charge in [-0.15, -0.1) is 0 Å². The highest BCUT2D eigenvalue weighted by molar-refractivity contribution is 6.33. The van der Waals surface area contributed by atoms with E-state index in [1.54, 1.807) is 48.5 Å². The number of piperidine rings is 1. The van der Waals surface area contributed by atoms with Gasteiger partial charge in [-0.3, -0.25) is 19.7 Å². The first kappa shape index (κ1) is 20.5. The van der Waals surface area contributed by atoms with E-state index in [1.807, 2.05) is 0 Å². The van der Waals surface area contributed by atoms with Gasteiger partial charge in [-0.1, -0.05) is 35.3 Å². The molecule has 30 heavy (non-hydrogen) atoms. The molecule has 156 valence electrons. The van der Waals surface area contributed by atoms with Gasteiger partial charge in [-0.2, -0.15) is 0 Å². The summed E-state index contributed by atoms with van der Waals surface area (Å²) < 4.78 is 0. The smallest absolute Gasteiger partial charge is 0.229 e. The molecule has 0 spiro atoms. The molecular formula is C20H19Cl2N5O3. The molecule has 8 nitrogen and oxygen atoms in total. The quantitative estimate of drug-likeness (QED) is 0.492. The third kappa shape index (κ3) is 4.35. The van der Waals surface area contributed by atoms with Gasteiger partial charge in [-0.25, -0.2) is 0 Å². The zero-order valence-corrected chi connectivity index (χ0v) is 17.1. The first-order chi connectivity index (χ1) is 14.4. The monoisotopic (exact) mass is 447 g/mol. The average molecular weight is 448 g/mol. The van der Waals surface area contributed by atoms with Crippen molar-refractivity contribution in [1.29, 1.82) is 0 Å². The second-order valence-electron chi connectivity index (χ2n) is 7.11. The summed E-state index contributed by atoms with van der Waals surface area (Å²) in [4.78, 5) is 38.0. The summed E-state index contributed by atoms with van der Waals surface area (Å²) in [6.07, 6.45) is -1.43. The van der Waals surface area contributed by atoms with Crippen molar-refractivity contribution < 1.29 is 14.4 Å². The van der Waals surface area contributed by atoms with Crippen LogP contribution in [0.5, 0.6) is 0 Å². The fourth-order valence-electron chi connectivity index (χ4n) is 3.65. The van der Waals surface area contributed by atoms with Crippen molar-refractivity contribution in [2.45, 2.75) is 18.9 Å². The Bertz CT molecular complexity index is 985. The van der Waals surface area contributed by atoms with Crippen LogP contribution in [-0.4, -0.2) is 30.2 Å². The number of carbonyl (C=O) groups excluding carboxylic acids is 3. The van der Waals surface area contributed by atoms with Crippen molar-refractivity contribution in [2.24, 2.45) is 11.8 Å². The molecule has 5 N–H and O–H groups in total. The van der Waals surface area contributed by atoms with E-state index in [1.165, 1.54) is 0 Å². The van der Waals surface area contributed by atoms with E-state index in [0.29, 0.717) is 15.7 Å². The van der Waals surface area contributed by atoms with Gasteiger partial charge < -0.3 is 21.3 Å². The first-order valence-corrected chi connectivity index (χ1v) is 10.1. The van der Waals surface area contributed by atoms with Crippen LogP contribution in [-0.2, 0) is 14.4 Å². The van der Waals surface area contributed by atoms with E-state index in [-0.39, 0.29) is 18.2 Å². The van der Waals surface area contributed by atoms with Gasteiger partial charge >= 0.3 is 0 Å². The van der Waals surface area contributed by atoms with Gasteiger partial charge in [0.25, 0.3) is 0 Å². The molecule has 4 atom stereocenters. The van der Waals surface area contributed by atoms with Gasteiger partial charge in [0.1, 0.15) is 0 Å². The van der Waals surface area contributed by atoms with E-state index < -0.39 is 30.2 Å². The molecule has 0 radical (unpaired) electrons. The zero-order chi connectivity index (χ0) is 21.3. The van der Waals surface area contributed by atoms with Crippen molar-refractivity contribution >= 4 is 52.3 Å². The lowest BCUT2D eigenvalue weighted by molar-refractivity contribution is -0.144. The Labute approximate surface area is 182 Å². The van der Waals surface area contributed by atoms with E-state index in [9.17, 15) is 14.4 Å². The van der Waals surface area contributed by atoms with Crippen LogP contribution in [0.2, 0.25) is 10.0 Å². The normalized spacial score (nSPS) is 25.5. The predicted molar refractivity (Wildman–Crippen MR) is 114 cm³/mol. The summed E-state index contributed by atoms with van der Waals surface area (Å²) in [5.41, 5.74) is 1.16. The Morgan fingerprint density at radius 3 is 2.47 bits per heavy atom. The first-order valence-electron chi connectivity index (χ1n) is 9.34. The van der Waals surface area contributed by atoms with Crippen LogP contribution in [0.4, 0.5) is 11.4 Å². The van der Waals surface area contributed by atoms with Gasteiger partial charge in [0.2, 0.25) is 17.7 Å². The SMILES string of the molecule is O=C1CC(C(=O)Nc2ccccc2Cl)C2C(=O)NC(Nc3ccc(Cl)cc3)NC2N1. The summed E-state index contributed by atoms with van der Waals surface area (Å²) in [6, 6.07) is 13.8. The van der Waals surface area contributed by atoms with Crippen LogP contribution in [0.3, 0.4) is 0 Å². The van der Waals surface area contributed by atoms with E-state index in [0.717, 1.165) is 5.69 Å². The summed E-state index contributed by atoms with van der Waals surface area (Å²) in [5.74, 6) is -2.71. The number of para-hydroxylation sites is 1. The number of carbonyl (C=O) groups is 3. The summed E-state index contributed by atoms with van der Waals surface area (Å²) >= 11 is 12.0. The molecular weight excluding hydrogens is 429 g/mol. The van der Waals surface area contributed by atoms with Crippen molar-refractivity contribution in [3.63, 3.8) is 0 Å². The summed E-state index contributed by atoms with van der Waals surface area (Å²) in [7, 11) is 0. The predicted octanol–water partition coefficient (Wildman–Crippen LogP) is 2.13. The van der Waals surface area contributed by atoms with E-state index >= 15 is 0 Å². The molecule has 0 aromatic heterocycles. The number of hydrogen-bond acceptors (Lipinski definition) is 5. The standard InChI is InChI=1S/C20H19Cl2N5O3/c21-10-5-7-11(8-6-10)23-20-26-17-16(19(30)27-20)12(9-15(28)25-17)18(29)24-14-4-2-1-3-13(14)22/h1-8,12,16-17,20,23,26H,9H2,(H,24,29)(H,25,28)(H,27,30). The van der Waals surface area contributed by atoms with Gasteiger partial charge in [0.05, 0.1) is 28.7 Å². The van der Waals surface area contributed by atoms with Crippen LogP contribution < -0.4 is 26.6 Å². The minimum atomic E-state index is -0.844. The van der Waals surface area contributed by atoms with Crippen molar-refractivity contribution in [3.8, 4) is 0 Å². The number of fused-ring (bicyclic) bond motifs is 1. The molecule has 0 saturated carbocycles. The largest absolute Gasteiger partial charge is 0.353 e. The molecule has 4 unspecified atom stereocenters. The average Bonchev–Trinajstić information content (AvgIpc) is 2.70. The fraction of sp³-hybridized carbons (Fsp3) is 0.250. The third-order valence-corrected chi connectivity index (χ3v) is 5.66. The molecule has 2 aliphatic heterocycles. The highest BCUT2D eigenvalue weighted by atomic mass is 35.5. The number of amides is 3. The van der Waals surface area contributed by atoms with Crippen LogP contribution >= 0.6 is 23.2 Å². The number of halogens is 2. The van der Waals surface area contributed by atoms with Crippen LogP contribution in [0, 0.1) is 11.8 Å². The molecule has 2 aromatic carbocycles. The second-order valence-corrected chi connectivity index (χ2v) is 7.95. The number of anilines is 2. The third-order valence-electron chi connectivity index (χ3n) is 5.07. The molecule has 0 aliphatic carbocycles. The maximum Gasteiger partial charge on any atom is 0.229 e. The fourth-order valence-corrected chi connectivity index (χ4v) is 3.96. The Hall–Kier alpha value is -2.81.